The summed E-state index contributed by atoms with van der Waals surface area (Å²) in [6, 6.07) is 2.12. The second-order valence-electron chi connectivity index (χ2n) is 5.47. The van der Waals surface area contributed by atoms with Gasteiger partial charge in [-0.2, -0.15) is 0 Å². The highest BCUT2D eigenvalue weighted by molar-refractivity contribution is 8.13. The van der Waals surface area contributed by atoms with E-state index in [-0.39, 0.29) is 22.1 Å². The lowest BCUT2D eigenvalue weighted by atomic mass is 9.80. The zero-order valence-electron chi connectivity index (χ0n) is 11.8. The van der Waals surface area contributed by atoms with Gasteiger partial charge in [0.1, 0.15) is 5.82 Å². The lowest BCUT2D eigenvalue weighted by Gasteiger charge is -2.31. The van der Waals surface area contributed by atoms with Crippen molar-refractivity contribution in [2.24, 2.45) is 5.92 Å². The summed E-state index contributed by atoms with van der Waals surface area (Å²) in [6.45, 7) is 3.20. The first-order valence-electron chi connectivity index (χ1n) is 6.76. The number of hydrogen-bond donors (Lipinski definition) is 1. The maximum Gasteiger partial charge on any atom is 0.261 e. The van der Waals surface area contributed by atoms with Gasteiger partial charge in [-0.05, 0) is 44.7 Å². The Balaban J connectivity index is 2.27. The van der Waals surface area contributed by atoms with Gasteiger partial charge < -0.3 is 5.32 Å². The third-order valence-electron chi connectivity index (χ3n) is 4.04. The van der Waals surface area contributed by atoms with Crippen molar-refractivity contribution >= 4 is 25.6 Å². The molecule has 1 unspecified atom stereocenters. The van der Waals surface area contributed by atoms with Gasteiger partial charge in [0.15, 0.2) is 0 Å². The average Bonchev–Trinajstić information content (AvgIpc) is 2.28. The van der Waals surface area contributed by atoms with Crippen molar-refractivity contribution in [1.82, 2.24) is 5.32 Å². The molecule has 0 bridgehead atoms. The quantitative estimate of drug-likeness (QED) is 0.862. The Labute approximate surface area is 128 Å². The van der Waals surface area contributed by atoms with Gasteiger partial charge in [0.2, 0.25) is 0 Å². The van der Waals surface area contributed by atoms with Crippen LogP contribution in [0.4, 0.5) is 4.39 Å². The van der Waals surface area contributed by atoms with E-state index in [2.05, 4.69) is 5.32 Å². The van der Waals surface area contributed by atoms with E-state index in [0.29, 0.717) is 5.92 Å². The van der Waals surface area contributed by atoms with E-state index in [1.165, 1.54) is 6.92 Å². The predicted octanol–water partition coefficient (Wildman–Crippen LogP) is 2.98. The molecule has 1 N–H and O–H groups in total. The normalized spacial score (nSPS) is 17.1. The summed E-state index contributed by atoms with van der Waals surface area (Å²) in [5.41, 5.74) is -0.128. The molecule has 0 spiro atoms. The molecule has 0 heterocycles. The Kier molecular flexibility index (Phi) is 4.58. The molecule has 0 radical (unpaired) electrons. The largest absolute Gasteiger partial charge is 0.349 e. The molecule has 1 atom stereocenters. The van der Waals surface area contributed by atoms with Crippen LogP contribution in [0.2, 0.25) is 0 Å². The van der Waals surface area contributed by atoms with E-state index in [1.54, 1.807) is 0 Å². The van der Waals surface area contributed by atoms with Crippen LogP contribution in [0.25, 0.3) is 0 Å². The van der Waals surface area contributed by atoms with Crippen molar-refractivity contribution in [3.05, 3.63) is 29.1 Å². The van der Waals surface area contributed by atoms with Crippen molar-refractivity contribution in [3.63, 3.8) is 0 Å². The predicted molar refractivity (Wildman–Crippen MR) is 78.4 cm³/mol. The SMILES string of the molecule is Cc1c(F)cc(C(=O)NC(C)C2CCC2)cc1S(=O)(=O)Cl. The summed E-state index contributed by atoms with van der Waals surface area (Å²) in [5.74, 6) is -0.825. The summed E-state index contributed by atoms with van der Waals surface area (Å²) >= 11 is 0. The van der Waals surface area contributed by atoms with E-state index in [9.17, 15) is 17.6 Å². The van der Waals surface area contributed by atoms with Crippen molar-refractivity contribution in [2.75, 3.05) is 0 Å². The lowest BCUT2D eigenvalue weighted by molar-refractivity contribution is 0.0908. The molecule has 116 valence electrons. The van der Waals surface area contributed by atoms with Gasteiger partial charge in [-0.25, -0.2) is 12.8 Å². The van der Waals surface area contributed by atoms with Gasteiger partial charge in [-0.3, -0.25) is 4.79 Å². The second kappa shape index (κ2) is 5.93. The van der Waals surface area contributed by atoms with Gasteiger partial charge in [0, 0.05) is 27.9 Å². The van der Waals surface area contributed by atoms with E-state index >= 15 is 0 Å². The van der Waals surface area contributed by atoms with E-state index in [0.717, 1.165) is 31.4 Å². The third kappa shape index (κ3) is 3.55. The first kappa shape index (κ1) is 16.2. The molecule has 4 nitrogen and oxygen atoms in total. The topological polar surface area (TPSA) is 63.2 Å². The summed E-state index contributed by atoms with van der Waals surface area (Å²) < 4.78 is 36.7. The van der Waals surface area contributed by atoms with Crippen LogP contribution in [0.15, 0.2) is 17.0 Å². The molecule has 0 saturated heterocycles. The molecule has 0 aromatic heterocycles. The van der Waals surface area contributed by atoms with Crippen molar-refractivity contribution < 1.29 is 17.6 Å². The van der Waals surface area contributed by atoms with Gasteiger partial charge in [0.25, 0.3) is 15.0 Å². The Morgan fingerprint density at radius 1 is 1.43 bits per heavy atom. The standard InChI is InChI=1S/C14H17ClFNO3S/c1-8-12(16)6-11(7-13(8)21(15,19)20)14(18)17-9(2)10-4-3-5-10/h6-7,9-10H,3-5H2,1-2H3,(H,17,18). The first-order valence-corrected chi connectivity index (χ1v) is 9.06. The van der Waals surface area contributed by atoms with E-state index in [1.807, 2.05) is 6.92 Å². The molecule has 1 fully saturated rings. The molecular formula is C14H17ClFNO3S. The summed E-state index contributed by atoms with van der Waals surface area (Å²) in [6.07, 6.45) is 3.27. The lowest BCUT2D eigenvalue weighted by Crippen LogP contribution is -2.40. The molecule has 1 amide bonds. The Hall–Kier alpha value is -1.14. The monoisotopic (exact) mass is 333 g/mol. The third-order valence-corrected chi connectivity index (χ3v) is 5.49. The van der Waals surface area contributed by atoms with Crippen molar-refractivity contribution in [1.29, 1.82) is 0 Å². The molecule has 0 aliphatic heterocycles. The minimum absolute atomic E-state index is 0.0216. The molecule has 1 aliphatic carbocycles. The maximum atomic E-state index is 13.8. The fourth-order valence-corrected chi connectivity index (χ4v) is 3.60. The highest BCUT2D eigenvalue weighted by atomic mass is 35.7. The number of nitrogens with one attached hydrogen (secondary N) is 1. The highest BCUT2D eigenvalue weighted by Gasteiger charge is 2.26. The van der Waals surface area contributed by atoms with Crippen LogP contribution in [0.5, 0.6) is 0 Å². The Morgan fingerprint density at radius 2 is 2.05 bits per heavy atom. The van der Waals surface area contributed by atoms with Gasteiger partial charge in [-0.15, -0.1) is 0 Å². The summed E-state index contributed by atoms with van der Waals surface area (Å²) in [7, 11) is 1.18. The average molecular weight is 334 g/mol. The maximum absolute atomic E-state index is 13.8. The molecule has 7 heteroatoms. The van der Waals surface area contributed by atoms with Crippen LogP contribution in [0, 0.1) is 18.7 Å². The number of amides is 1. The molecule has 1 aromatic carbocycles. The summed E-state index contributed by atoms with van der Waals surface area (Å²) in [4.78, 5) is 11.8. The highest BCUT2D eigenvalue weighted by Crippen LogP contribution is 2.29. The molecular weight excluding hydrogens is 317 g/mol. The smallest absolute Gasteiger partial charge is 0.261 e. The molecule has 1 aromatic rings. The van der Waals surface area contributed by atoms with Crippen LogP contribution in [-0.4, -0.2) is 20.4 Å². The van der Waals surface area contributed by atoms with Gasteiger partial charge >= 0.3 is 0 Å². The Bertz CT molecular complexity index is 671. The zero-order chi connectivity index (χ0) is 15.8. The molecule has 1 saturated carbocycles. The minimum atomic E-state index is -4.10. The fraction of sp³-hybridized carbons (Fsp3) is 0.500. The van der Waals surface area contributed by atoms with Crippen LogP contribution >= 0.6 is 10.7 Å². The number of rotatable bonds is 4. The Morgan fingerprint density at radius 3 is 2.52 bits per heavy atom. The number of carbonyl (C=O) groups excluding carboxylic acids is 1. The van der Waals surface area contributed by atoms with Crippen LogP contribution in [0.3, 0.4) is 0 Å². The van der Waals surface area contributed by atoms with Gasteiger partial charge in [-0.1, -0.05) is 6.42 Å². The van der Waals surface area contributed by atoms with Crippen molar-refractivity contribution in [3.8, 4) is 0 Å². The van der Waals surface area contributed by atoms with E-state index < -0.39 is 20.8 Å². The van der Waals surface area contributed by atoms with Gasteiger partial charge in [0.05, 0.1) is 4.90 Å². The number of carbonyl (C=O) groups is 1. The zero-order valence-corrected chi connectivity index (χ0v) is 13.4. The molecule has 2 rings (SSSR count). The number of hydrogen-bond acceptors (Lipinski definition) is 3. The van der Waals surface area contributed by atoms with Crippen LogP contribution in [-0.2, 0) is 9.05 Å². The first-order chi connectivity index (χ1) is 9.70. The minimum Gasteiger partial charge on any atom is -0.349 e. The number of halogens is 2. The van der Waals surface area contributed by atoms with Crippen molar-refractivity contribution in [2.45, 2.75) is 44.0 Å². The molecule has 1 aliphatic rings. The molecule has 21 heavy (non-hydrogen) atoms. The van der Waals surface area contributed by atoms with E-state index in [4.69, 9.17) is 10.7 Å². The second-order valence-corrected chi connectivity index (χ2v) is 8.01. The van der Waals surface area contributed by atoms with Crippen LogP contribution < -0.4 is 5.32 Å². The number of benzene rings is 1. The van der Waals surface area contributed by atoms with Crippen LogP contribution in [0.1, 0.15) is 42.1 Å². The summed E-state index contributed by atoms with van der Waals surface area (Å²) in [5, 5.41) is 2.78. The fourth-order valence-electron chi connectivity index (χ4n) is 2.39.